The molecule has 0 saturated heterocycles. The highest BCUT2D eigenvalue weighted by atomic mass is 16.6. The molecule has 0 aliphatic rings. The molecule has 2 aromatic rings. The number of phenols is 1. The molecule has 0 fully saturated rings. The zero-order chi connectivity index (χ0) is 28.3. The first-order valence-corrected chi connectivity index (χ1v) is 14.6. The van der Waals surface area contributed by atoms with Crippen LogP contribution in [0.3, 0.4) is 0 Å². The summed E-state index contributed by atoms with van der Waals surface area (Å²) in [7, 11) is 0. The third-order valence-corrected chi connectivity index (χ3v) is 6.36. The number of nitrogens with one attached hydrogen (secondary N) is 2. The maximum atomic E-state index is 12.2. The van der Waals surface area contributed by atoms with Gasteiger partial charge in [-0.25, -0.2) is 9.59 Å². The van der Waals surface area contributed by atoms with Crippen molar-refractivity contribution in [3.05, 3.63) is 30.3 Å². The van der Waals surface area contributed by atoms with Crippen LogP contribution in [0.1, 0.15) is 91.4 Å². The van der Waals surface area contributed by atoms with Gasteiger partial charge in [-0.15, -0.1) is 0 Å². The monoisotopic (exact) mass is 544 g/mol. The van der Waals surface area contributed by atoms with E-state index in [0.717, 1.165) is 13.0 Å². The van der Waals surface area contributed by atoms with E-state index in [1.54, 1.807) is 24.3 Å². The summed E-state index contributed by atoms with van der Waals surface area (Å²) in [5.41, 5.74) is 0.491. The SMILES string of the molecule is CCCCCCCCCCCCOCCCNC(=O)Oc1ccc2c(NC(=O)OCC(C)C)cccc2c1O. The Balaban J connectivity index is 1.62. The first-order valence-electron chi connectivity index (χ1n) is 14.6. The molecular weight excluding hydrogens is 496 g/mol. The molecular formula is C31H48N2O6. The fourth-order valence-electron chi connectivity index (χ4n) is 4.20. The van der Waals surface area contributed by atoms with Crippen molar-refractivity contribution in [3.63, 3.8) is 0 Å². The molecule has 0 aliphatic carbocycles. The quantitative estimate of drug-likeness (QED) is 0.154. The highest BCUT2D eigenvalue weighted by Crippen LogP contribution is 2.37. The summed E-state index contributed by atoms with van der Waals surface area (Å²) >= 11 is 0. The Morgan fingerprint density at radius 1 is 0.821 bits per heavy atom. The van der Waals surface area contributed by atoms with Crippen LogP contribution in [0, 0.1) is 5.92 Å². The molecule has 0 radical (unpaired) electrons. The minimum absolute atomic E-state index is 0.0387. The van der Waals surface area contributed by atoms with Gasteiger partial charge in [0.1, 0.15) is 0 Å². The number of rotatable bonds is 19. The van der Waals surface area contributed by atoms with Crippen LogP contribution in [0.25, 0.3) is 10.8 Å². The number of fused-ring (bicyclic) bond motifs is 1. The average Bonchev–Trinajstić information content (AvgIpc) is 2.91. The number of aromatic hydroxyl groups is 1. The van der Waals surface area contributed by atoms with E-state index in [4.69, 9.17) is 14.2 Å². The van der Waals surface area contributed by atoms with Gasteiger partial charge in [0.05, 0.1) is 12.3 Å². The van der Waals surface area contributed by atoms with Gasteiger partial charge in [0.2, 0.25) is 0 Å². The normalized spacial score (nSPS) is 11.1. The smallest absolute Gasteiger partial charge is 0.412 e. The van der Waals surface area contributed by atoms with E-state index in [0.29, 0.717) is 42.6 Å². The van der Waals surface area contributed by atoms with E-state index in [9.17, 15) is 14.7 Å². The summed E-state index contributed by atoms with van der Waals surface area (Å²) in [5, 5.41) is 17.1. The number of anilines is 1. The predicted molar refractivity (Wildman–Crippen MR) is 157 cm³/mol. The summed E-state index contributed by atoms with van der Waals surface area (Å²) in [4.78, 5) is 24.3. The Labute approximate surface area is 233 Å². The first kappa shape index (κ1) is 32.2. The number of carbonyl (C=O) groups excluding carboxylic acids is 2. The minimum atomic E-state index is -0.647. The van der Waals surface area contributed by atoms with Crippen LogP contribution in [0.2, 0.25) is 0 Å². The largest absolute Gasteiger partial charge is 0.504 e. The van der Waals surface area contributed by atoms with E-state index < -0.39 is 12.2 Å². The number of carbonyl (C=O) groups is 2. The van der Waals surface area contributed by atoms with Crippen LogP contribution in [-0.4, -0.2) is 43.7 Å². The molecule has 0 aliphatic heterocycles. The Morgan fingerprint density at radius 2 is 1.49 bits per heavy atom. The van der Waals surface area contributed by atoms with Crippen LogP contribution < -0.4 is 15.4 Å². The van der Waals surface area contributed by atoms with Crippen LogP contribution in [0.5, 0.6) is 11.5 Å². The second-order valence-electron chi connectivity index (χ2n) is 10.4. The van der Waals surface area contributed by atoms with E-state index in [-0.39, 0.29) is 17.4 Å². The molecule has 0 unspecified atom stereocenters. The van der Waals surface area contributed by atoms with Crippen LogP contribution in [-0.2, 0) is 9.47 Å². The molecule has 218 valence electrons. The first-order chi connectivity index (χ1) is 18.9. The van der Waals surface area contributed by atoms with Crippen molar-refractivity contribution in [2.24, 2.45) is 5.92 Å². The van der Waals surface area contributed by atoms with Crippen molar-refractivity contribution in [3.8, 4) is 11.5 Å². The summed E-state index contributed by atoms with van der Waals surface area (Å²) in [5.74, 6) is 0.0819. The summed E-state index contributed by atoms with van der Waals surface area (Å²) < 4.78 is 16.1. The molecule has 8 heteroatoms. The molecule has 0 bridgehead atoms. The van der Waals surface area contributed by atoms with Crippen molar-refractivity contribution in [2.75, 3.05) is 31.7 Å². The maximum absolute atomic E-state index is 12.2. The third kappa shape index (κ3) is 13.1. The number of benzene rings is 2. The average molecular weight is 545 g/mol. The zero-order valence-corrected chi connectivity index (χ0v) is 24.1. The molecule has 0 spiro atoms. The lowest BCUT2D eigenvalue weighted by atomic mass is 10.1. The molecule has 2 amide bonds. The van der Waals surface area contributed by atoms with Gasteiger partial charge in [0.15, 0.2) is 11.5 Å². The molecule has 0 heterocycles. The van der Waals surface area contributed by atoms with Crippen LogP contribution >= 0.6 is 0 Å². The van der Waals surface area contributed by atoms with Gasteiger partial charge in [-0.1, -0.05) is 90.7 Å². The van der Waals surface area contributed by atoms with Crippen molar-refractivity contribution >= 4 is 28.6 Å². The van der Waals surface area contributed by atoms with E-state index in [2.05, 4.69) is 17.6 Å². The third-order valence-electron chi connectivity index (χ3n) is 6.36. The lowest BCUT2D eigenvalue weighted by Crippen LogP contribution is -2.28. The predicted octanol–water partition coefficient (Wildman–Crippen LogP) is 8.17. The van der Waals surface area contributed by atoms with E-state index in [1.165, 1.54) is 63.9 Å². The molecule has 8 nitrogen and oxygen atoms in total. The van der Waals surface area contributed by atoms with Gasteiger partial charge in [-0.2, -0.15) is 0 Å². The highest BCUT2D eigenvalue weighted by Gasteiger charge is 2.15. The molecule has 0 saturated carbocycles. The number of ether oxygens (including phenoxy) is 3. The van der Waals surface area contributed by atoms with Crippen molar-refractivity contribution in [2.45, 2.75) is 91.4 Å². The maximum Gasteiger partial charge on any atom is 0.412 e. The number of phenolic OH excluding ortho intramolecular Hbond substituents is 1. The molecule has 3 N–H and O–H groups in total. The fourth-order valence-corrected chi connectivity index (χ4v) is 4.20. The number of hydrogen-bond donors (Lipinski definition) is 3. The van der Waals surface area contributed by atoms with E-state index >= 15 is 0 Å². The Morgan fingerprint density at radius 3 is 2.18 bits per heavy atom. The number of unbranched alkanes of at least 4 members (excludes halogenated alkanes) is 9. The lowest BCUT2D eigenvalue weighted by molar-refractivity contribution is 0.127. The van der Waals surface area contributed by atoms with Crippen molar-refractivity contribution < 1.29 is 28.9 Å². The van der Waals surface area contributed by atoms with Gasteiger partial charge >= 0.3 is 12.2 Å². The molecule has 39 heavy (non-hydrogen) atoms. The second kappa shape index (κ2) is 19.1. The Hall–Kier alpha value is -3.00. The Kier molecular flexibility index (Phi) is 15.8. The minimum Gasteiger partial charge on any atom is -0.504 e. The fraction of sp³-hybridized carbons (Fsp3) is 0.613. The Bertz CT molecular complexity index is 994. The summed E-state index contributed by atoms with van der Waals surface area (Å²) in [6.07, 6.45) is 12.4. The topological polar surface area (TPSA) is 106 Å². The van der Waals surface area contributed by atoms with Crippen molar-refractivity contribution in [1.29, 1.82) is 0 Å². The summed E-state index contributed by atoms with van der Waals surface area (Å²) in [6.45, 7) is 8.20. The molecule has 0 atom stereocenters. The number of hydrogen-bond acceptors (Lipinski definition) is 6. The summed E-state index contributed by atoms with van der Waals surface area (Å²) in [6, 6.07) is 8.27. The van der Waals surface area contributed by atoms with Crippen LogP contribution in [0.4, 0.5) is 15.3 Å². The van der Waals surface area contributed by atoms with Gasteiger partial charge in [-0.3, -0.25) is 5.32 Å². The zero-order valence-electron chi connectivity index (χ0n) is 24.1. The molecule has 2 aromatic carbocycles. The van der Waals surface area contributed by atoms with Crippen LogP contribution in [0.15, 0.2) is 30.3 Å². The van der Waals surface area contributed by atoms with Gasteiger partial charge in [0, 0.05) is 30.5 Å². The highest BCUT2D eigenvalue weighted by molar-refractivity contribution is 6.03. The standard InChI is InChI=1S/C31H48N2O6/c1-4-5-6-7-8-9-10-11-12-13-21-37-22-15-20-32-30(35)39-28-19-18-25-26(29(28)34)16-14-17-27(25)33-31(36)38-23-24(2)3/h14,16-19,24,34H,4-13,15,20-23H2,1-3H3,(H,32,35)(H,33,36). The van der Waals surface area contributed by atoms with Crippen molar-refractivity contribution in [1.82, 2.24) is 5.32 Å². The lowest BCUT2D eigenvalue weighted by Gasteiger charge is -2.13. The second-order valence-corrected chi connectivity index (χ2v) is 10.4. The molecule has 2 rings (SSSR count). The van der Waals surface area contributed by atoms with Gasteiger partial charge in [-0.05, 0) is 37.0 Å². The molecule has 0 aromatic heterocycles. The van der Waals surface area contributed by atoms with Gasteiger partial charge in [0.25, 0.3) is 0 Å². The number of amides is 2. The van der Waals surface area contributed by atoms with E-state index in [1.807, 2.05) is 13.8 Å². The van der Waals surface area contributed by atoms with Gasteiger partial charge < -0.3 is 24.6 Å².